The van der Waals surface area contributed by atoms with Crippen LogP contribution in [0.25, 0.3) is 10.9 Å². The fourth-order valence-corrected chi connectivity index (χ4v) is 3.80. The van der Waals surface area contributed by atoms with Crippen LogP contribution in [0.2, 0.25) is 0 Å². The van der Waals surface area contributed by atoms with E-state index in [0.29, 0.717) is 19.5 Å². The molecule has 0 atom stereocenters. The van der Waals surface area contributed by atoms with E-state index >= 15 is 0 Å². The summed E-state index contributed by atoms with van der Waals surface area (Å²) in [5, 5.41) is 1.11. The van der Waals surface area contributed by atoms with Gasteiger partial charge in [0.25, 0.3) is 0 Å². The van der Waals surface area contributed by atoms with Crippen molar-refractivity contribution in [3.8, 4) is 0 Å². The molecule has 0 radical (unpaired) electrons. The molecule has 0 aliphatic rings. The van der Waals surface area contributed by atoms with Crippen molar-refractivity contribution in [2.45, 2.75) is 32.6 Å². The fraction of sp³-hybridized carbons (Fsp3) is 0.526. The maximum absolute atomic E-state index is 12.2. The molecule has 1 amide bonds. The number of H-pyrrole nitrogens is 1. The number of hydrogen-bond acceptors (Lipinski definition) is 3. The molecule has 0 unspecified atom stereocenters. The number of carbonyl (C=O) groups is 1. The van der Waals surface area contributed by atoms with Crippen LogP contribution in [0.1, 0.15) is 31.7 Å². The Bertz CT molecular complexity index is 829. The van der Waals surface area contributed by atoms with Crippen molar-refractivity contribution < 1.29 is 13.2 Å². The Labute approximate surface area is 156 Å². The van der Waals surface area contributed by atoms with Crippen LogP contribution in [-0.2, 0) is 21.2 Å². The molecule has 144 valence electrons. The van der Waals surface area contributed by atoms with Crippen molar-refractivity contribution in [2.24, 2.45) is 0 Å². The van der Waals surface area contributed by atoms with Gasteiger partial charge >= 0.3 is 0 Å². The minimum atomic E-state index is -3.36. The van der Waals surface area contributed by atoms with Crippen molar-refractivity contribution >= 4 is 26.8 Å². The second-order valence-electron chi connectivity index (χ2n) is 6.69. The Hall–Kier alpha value is -1.86. The highest BCUT2D eigenvalue weighted by Crippen LogP contribution is 2.18. The molecular formula is C19H29N3O3S. The van der Waals surface area contributed by atoms with Crippen LogP contribution >= 0.6 is 0 Å². The highest BCUT2D eigenvalue weighted by Gasteiger charge is 2.19. The molecule has 0 fully saturated rings. The molecule has 0 bridgehead atoms. The van der Waals surface area contributed by atoms with Crippen molar-refractivity contribution in [1.82, 2.24) is 14.2 Å². The van der Waals surface area contributed by atoms with Gasteiger partial charge in [0.05, 0.1) is 6.26 Å². The molecule has 0 saturated heterocycles. The third kappa shape index (κ3) is 5.57. The molecule has 26 heavy (non-hydrogen) atoms. The zero-order valence-electron chi connectivity index (χ0n) is 15.9. The summed E-state index contributed by atoms with van der Waals surface area (Å²) >= 11 is 0. The lowest BCUT2D eigenvalue weighted by Gasteiger charge is -2.22. The highest BCUT2D eigenvalue weighted by atomic mass is 32.2. The SMILES string of the molecule is CCCCN(C)C(=O)CCN(CCc1c[nH]c2ccccc12)S(C)(=O)=O. The summed E-state index contributed by atoms with van der Waals surface area (Å²) in [5.41, 5.74) is 2.13. The van der Waals surface area contributed by atoms with Gasteiger partial charge in [-0.25, -0.2) is 12.7 Å². The monoisotopic (exact) mass is 379 g/mol. The second kappa shape index (κ2) is 9.19. The first-order valence-corrected chi connectivity index (χ1v) is 10.9. The number of nitrogens with zero attached hydrogens (tertiary/aromatic N) is 2. The van der Waals surface area contributed by atoms with Crippen LogP contribution in [0.4, 0.5) is 0 Å². The van der Waals surface area contributed by atoms with Crippen LogP contribution < -0.4 is 0 Å². The Balaban J connectivity index is 1.96. The number of hydrogen-bond donors (Lipinski definition) is 1. The van der Waals surface area contributed by atoms with Gasteiger partial charge in [0.15, 0.2) is 0 Å². The molecule has 2 aromatic rings. The van der Waals surface area contributed by atoms with Gasteiger partial charge in [-0.15, -0.1) is 0 Å². The summed E-state index contributed by atoms with van der Waals surface area (Å²) in [5.74, 6) is -0.0146. The number of fused-ring (bicyclic) bond motifs is 1. The maximum atomic E-state index is 12.2. The number of rotatable bonds is 10. The molecule has 0 spiro atoms. The number of unbranched alkanes of at least 4 members (excludes halogenated alkanes) is 1. The minimum Gasteiger partial charge on any atom is -0.361 e. The van der Waals surface area contributed by atoms with Crippen LogP contribution in [-0.4, -0.2) is 61.5 Å². The van der Waals surface area contributed by atoms with Gasteiger partial charge in [-0.3, -0.25) is 4.79 Å². The lowest BCUT2D eigenvalue weighted by atomic mass is 10.1. The summed E-state index contributed by atoms with van der Waals surface area (Å²) in [6.07, 6.45) is 5.93. The van der Waals surface area contributed by atoms with Crippen molar-refractivity contribution in [1.29, 1.82) is 0 Å². The largest absolute Gasteiger partial charge is 0.361 e. The van der Waals surface area contributed by atoms with E-state index in [1.54, 1.807) is 11.9 Å². The predicted molar refractivity (Wildman–Crippen MR) is 106 cm³/mol. The van der Waals surface area contributed by atoms with E-state index in [0.717, 1.165) is 29.3 Å². The van der Waals surface area contributed by atoms with Crippen LogP contribution in [0, 0.1) is 0 Å². The van der Waals surface area contributed by atoms with Gasteiger partial charge < -0.3 is 9.88 Å². The molecule has 1 heterocycles. The van der Waals surface area contributed by atoms with Gasteiger partial charge in [0.2, 0.25) is 15.9 Å². The van der Waals surface area contributed by atoms with Gasteiger partial charge in [0, 0.05) is 50.2 Å². The topological polar surface area (TPSA) is 73.5 Å². The van der Waals surface area contributed by atoms with Gasteiger partial charge in [0.1, 0.15) is 0 Å². The number of carbonyl (C=O) groups excluding carboxylic acids is 1. The Morgan fingerprint density at radius 3 is 2.58 bits per heavy atom. The van der Waals surface area contributed by atoms with E-state index in [1.807, 2.05) is 30.5 Å². The quantitative estimate of drug-likeness (QED) is 0.690. The maximum Gasteiger partial charge on any atom is 0.223 e. The smallest absolute Gasteiger partial charge is 0.223 e. The summed E-state index contributed by atoms with van der Waals surface area (Å²) in [7, 11) is -1.58. The summed E-state index contributed by atoms with van der Waals surface area (Å²) in [4.78, 5) is 17.1. The summed E-state index contributed by atoms with van der Waals surface area (Å²) in [6, 6.07) is 7.96. The third-order valence-corrected chi connectivity index (χ3v) is 5.93. The molecular weight excluding hydrogens is 350 g/mol. The van der Waals surface area contributed by atoms with E-state index in [4.69, 9.17) is 0 Å². The van der Waals surface area contributed by atoms with E-state index in [9.17, 15) is 13.2 Å². The number of para-hydroxylation sites is 1. The molecule has 6 nitrogen and oxygen atoms in total. The van der Waals surface area contributed by atoms with E-state index in [-0.39, 0.29) is 18.9 Å². The van der Waals surface area contributed by atoms with E-state index < -0.39 is 10.0 Å². The van der Waals surface area contributed by atoms with Gasteiger partial charge in [-0.2, -0.15) is 0 Å². The number of nitrogens with one attached hydrogen (secondary N) is 1. The standard InChI is InChI=1S/C19H29N3O3S/c1-4-5-12-21(2)19(23)11-14-22(26(3,24)25)13-10-16-15-20-18-9-7-6-8-17(16)18/h6-9,15,20H,4-5,10-14H2,1-3H3. The molecule has 1 aromatic carbocycles. The predicted octanol–water partition coefficient (Wildman–Crippen LogP) is 2.62. The fourth-order valence-electron chi connectivity index (χ4n) is 2.96. The average Bonchev–Trinajstić information content (AvgIpc) is 3.01. The molecule has 0 saturated carbocycles. The Morgan fingerprint density at radius 2 is 1.88 bits per heavy atom. The average molecular weight is 380 g/mol. The lowest BCUT2D eigenvalue weighted by molar-refractivity contribution is -0.130. The Kier molecular flexibility index (Phi) is 7.23. The molecule has 0 aliphatic carbocycles. The van der Waals surface area contributed by atoms with E-state index in [1.165, 1.54) is 10.6 Å². The van der Waals surface area contributed by atoms with Crippen molar-refractivity contribution in [3.63, 3.8) is 0 Å². The molecule has 2 rings (SSSR count). The molecule has 1 aromatic heterocycles. The third-order valence-electron chi connectivity index (χ3n) is 4.62. The first-order chi connectivity index (χ1) is 12.3. The number of aromatic amines is 1. The first kappa shape index (κ1) is 20.5. The number of sulfonamides is 1. The van der Waals surface area contributed by atoms with Crippen LogP contribution in [0.5, 0.6) is 0 Å². The number of benzene rings is 1. The zero-order chi connectivity index (χ0) is 19.2. The minimum absolute atomic E-state index is 0.0146. The van der Waals surface area contributed by atoms with E-state index in [2.05, 4.69) is 11.9 Å². The van der Waals surface area contributed by atoms with Gasteiger partial charge in [-0.05, 0) is 24.5 Å². The van der Waals surface area contributed by atoms with Crippen molar-refractivity contribution in [3.05, 3.63) is 36.0 Å². The first-order valence-electron chi connectivity index (χ1n) is 9.07. The van der Waals surface area contributed by atoms with Crippen molar-refractivity contribution in [2.75, 3.05) is 32.9 Å². The highest BCUT2D eigenvalue weighted by molar-refractivity contribution is 7.88. The lowest BCUT2D eigenvalue weighted by Crippen LogP contribution is -2.36. The van der Waals surface area contributed by atoms with Crippen LogP contribution in [0.15, 0.2) is 30.5 Å². The Morgan fingerprint density at radius 1 is 1.15 bits per heavy atom. The van der Waals surface area contributed by atoms with Gasteiger partial charge in [-0.1, -0.05) is 31.5 Å². The van der Waals surface area contributed by atoms with Crippen LogP contribution in [0.3, 0.4) is 0 Å². The zero-order valence-corrected chi connectivity index (χ0v) is 16.7. The molecule has 1 N–H and O–H groups in total. The second-order valence-corrected chi connectivity index (χ2v) is 8.67. The molecule has 7 heteroatoms. The number of amides is 1. The molecule has 0 aliphatic heterocycles. The number of aromatic nitrogens is 1. The summed E-state index contributed by atoms with van der Waals surface area (Å²) < 4.78 is 25.6. The normalized spacial score (nSPS) is 12.0. The summed E-state index contributed by atoms with van der Waals surface area (Å²) in [6.45, 7) is 3.38.